The zero-order chi connectivity index (χ0) is 30.6. The number of nitrogens with two attached hydrogens (primary N) is 1. The van der Waals surface area contributed by atoms with Gasteiger partial charge < -0.3 is 25.4 Å². The van der Waals surface area contributed by atoms with Gasteiger partial charge in [-0.2, -0.15) is 15.2 Å². The van der Waals surface area contributed by atoms with Crippen LogP contribution in [0.5, 0.6) is 11.8 Å². The van der Waals surface area contributed by atoms with E-state index >= 15 is 4.39 Å². The van der Waals surface area contributed by atoms with Crippen LogP contribution >= 0.6 is 22.9 Å². The molecule has 0 unspecified atom stereocenters. The lowest BCUT2D eigenvalue weighted by Crippen LogP contribution is -2.60. The molecule has 0 saturated carbocycles. The molecule has 4 saturated heterocycles. The Labute approximate surface area is 266 Å². The Bertz CT molecular complexity index is 1950. The van der Waals surface area contributed by atoms with Crippen molar-refractivity contribution in [3.63, 3.8) is 0 Å². The lowest BCUT2D eigenvalue weighted by molar-refractivity contribution is 0.107. The van der Waals surface area contributed by atoms with Crippen LogP contribution in [-0.4, -0.2) is 77.6 Å². The van der Waals surface area contributed by atoms with Crippen molar-refractivity contribution in [3.8, 4) is 29.0 Å². The van der Waals surface area contributed by atoms with Gasteiger partial charge >= 0.3 is 6.01 Å². The van der Waals surface area contributed by atoms with Crippen LogP contribution in [0.15, 0.2) is 18.2 Å². The molecule has 5 atom stereocenters. The van der Waals surface area contributed by atoms with Gasteiger partial charge in [-0.05, 0) is 43.9 Å². The van der Waals surface area contributed by atoms with Gasteiger partial charge in [0.25, 0.3) is 0 Å². The molecule has 5 aliphatic rings. The van der Waals surface area contributed by atoms with Crippen molar-refractivity contribution in [2.75, 3.05) is 43.5 Å². The highest BCUT2D eigenvalue weighted by atomic mass is 35.5. The molecule has 7 heterocycles. The summed E-state index contributed by atoms with van der Waals surface area (Å²) in [6.07, 6.45) is 3.34. The highest BCUT2D eigenvalue weighted by molar-refractivity contribution is 7.23. The van der Waals surface area contributed by atoms with Crippen molar-refractivity contribution in [1.29, 1.82) is 5.26 Å². The van der Waals surface area contributed by atoms with E-state index in [-0.39, 0.29) is 52.4 Å². The van der Waals surface area contributed by atoms with Gasteiger partial charge in [-0.1, -0.05) is 23.7 Å². The third-order valence-electron chi connectivity index (χ3n) is 10.5. The van der Waals surface area contributed by atoms with Crippen LogP contribution in [0.25, 0.3) is 32.1 Å². The highest BCUT2D eigenvalue weighted by Crippen LogP contribution is 2.51. The van der Waals surface area contributed by atoms with Gasteiger partial charge in [-0.25, -0.2) is 8.78 Å². The first kappa shape index (κ1) is 27.8. The maximum atomic E-state index is 17.1. The van der Waals surface area contributed by atoms with E-state index in [9.17, 15) is 9.65 Å². The van der Waals surface area contributed by atoms with Gasteiger partial charge in [0.05, 0.1) is 27.6 Å². The van der Waals surface area contributed by atoms with Gasteiger partial charge in [0.2, 0.25) is 0 Å². The lowest BCUT2D eigenvalue weighted by atomic mass is 9.95. The van der Waals surface area contributed by atoms with Gasteiger partial charge in [-0.3, -0.25) is 4.90 Å². The fraction of sp³-hybridized carbons (Fsp3) is 0.469. The molecule has 2 aromatic carbocycles. The Morgan fingerprint density at radius 1 is 1.27 bits per heavy atom. The summed E-state index contributed by atoms with van der Waals surface area (Å²) in [6.45, 7) is 2.46. The first-order chi connectivity index (χ1) is 21.8. The van der Waals surface area contributed by atoms with Crippen LogP contribution in [-0.2, 0) is 0 Å². The molecule has 0 amide bonds. The second-order valence-corrected chi connectivity index (χ2v) is 14.4. The number of anilines is 2. The second kappa shape index (κ2) is 10.00. The highest BCUT2D eigenvalue weighted by Gasteiger charge is 2.50. The number of ether oxygens (including phenoxy) is 2. The molecule has 5 aliphatic heterocycles. The summed E-state index contributed by atoms with van der Waals surface area (Å²) in [5.74, 6) is 0.189. The van der Waals surface area contributed by atoms with E-state index in [1.165, 1.54) is 11.3 Å². The van der Waals surface area contributed by atoms with Crippen LogP contribution in [0, 0.1) is 17.1 Å². The average molecular weight is 650 g/mol. The fourth-order valence-corrected chi connectivity index (χ4v) is 9.80. The molecule has 4 aromatic rings. The predicted molar refractivity (Wildman–Crippen MR) is 170 cm³/mol. The third kappa shape index (κ3) is 4.00. The molecule has 4 fully saturated rings. The number of nitrogens with zero attached hydrogens (tertiary/aromatic N) is 5. The largest absolute Gasteiger partial charge is 0.489 e. The zero-order valence-electron chi connectivity index (χ0n) is 24.3. The summed E-state index contributed by atoms with van der Waals surface area (Å²) in [6, 6.07) is 8.01. The van der Waals surface area contributed by atoms with E-state index in [4.69, 9.17) is 31.8 Å². The SMILES string of the molecule is N#Cc1c(N)sc2cccc(-c3c(Cl)c4c5c(nc(OC[C@@]67CCCN6C[C@H](F)C7)nc5c3F)N3C[C@H]5CC[C@H](N5)[C@@H]3CO4)c12. The molecule has 2 bridgehead atoms. The summed E-state index contributed by atoms with van der Waals surface area (Å²) in [5.41, 5.74) is 6.62. The number of alkyl halides is 1. The van der Waals surface area contributed by atoms with E-state index in [2.05, 4.69) is 26.2 Å². The number of fused-ring (bicyclic) bond motifs is 7. The molecular weight excluding hydrogens is 620 g/mol. The Hall–Kier alpha value is -3.50. The number of rotatable bonds is 4. The van der Waals surface area contributed by atoms with Crippen LogP contribution < -0.4 is 25.4 Å². The molecule has 9 nitrogen and oxygen atoms in total. The Morgan fingerprint density at radius 3 is 3.02 bits per heavy atom. The number of nitrogen functional groups attached to an aromatic ring is 1. The Morgan fingerprint density at radius 2 is 2.16 bits per heavy atom. The first-order valence-electron chi connectivity index (χ1n) is 15.5. The lowest BCUT2D eigenvalue weighted by Gasteiger charge is -2.40. The quantitative estimate of drug-likeness (QED) is 0.300. The van der Waals surface area contributed by atoms with E-state index in [1.807, 2.05) is 6.07 Å². The van der Waals surface area contributed by atoms with Crippen LogP contribution in [0.4, 0.5) is 19.6 Å². The van der Waals surface area contributed by atoms with Crippen LogP contribution in [0.3, 0.4) is 0 Å². The molecule has 3 N–H and O–H groups in total. The molecule has 13 heteroatoms. The van der Waals surface area contributed by atoms with Gasteiger partial charge in [0.1, 0.15) is 41.8 Å². The van der Waals surface area contributed by atoms with Crippen molar-refractivity contribution in [2.24, 2.45) is 0 Å². The van der Waals surface area contributed by atoms with E-state index < -0.39 is 17.5 Å². The number of benzene rings is 2. The number of aromatic nitrogens is 2. The molecule has 0 spiro atoms. The smallest absolute Gasteiger partial charge is 0.319 e. The second-order valence-electron chi connectivity index (χ2n) is 13.0. The molecule has 0 radical (unpaired) electrons. The van der Waals surface area contributed by atoms with Crippen LogP contribution in [0.1, 0.15) is 37.7 Å². The molecule has 45 heavy (non-hydrogen) atoms. The summed E-state index contributed by atoms with van der Waals surface area (Å²) >= 11 is 8.38. The monoisotopic (exact) mass is 649 g/mol. The van der Waals surface area contributed by atoms with Gasteiger partial charge in [0, 0.05) is 47.2 Å². The van der Waals surface area contributed by atoms with Crippen molar-refractivity contribution in [1.82, 2.24) is 20.2 Å². The minimum absolute atomic E-state index is 0.0326. The van der Waals surface area contributed by atoms with Gasteiger partial charge in [-0.15, -0.1) is 11.3 Å². The van der Waals surface area contributed by atoms with Crippen LogP contribution in [0.2, 0.25) is 5.02 Å². The summed E-state index contributed by atoms with van der Waals surface area (Å²) in [5, 5.41) is 15.0. The average Bonchev–Trinajstić information content (AvgIpc) is 3.74. The Kier molecular flexibility index (Phi) is 6.17. The Balaban J connectivity index is 1.25. The van der Waals surface area contributed by atoms with E-state index in [1.54, 1.807) is 12.1 Å². The first-order valence-corrected chi connectivity index (χ1v) is 16.7. The number of nitrogens with one attached hydrogen (secondary N) is 1. The number of hydrogen-bond donors (Lipinski definition) is 2. The maximum absolute atomic E-state index is 17.1. The fourth-order valence-electron chi connectivity index (χ4n) is 8.52. The van der Waals surface area contributed by atoms with Crippen molar-refractivity contribution < 1.29 is 18.3 Å². The number of nitriles is 1. The van der Waals surface area contributed by atoms with E-state index in [0.717, 1.165) is 36.9 Å². The summed E-state index contributed by atoms with van der Waals surface area (Å²) < 4.78 is 45.2. The zero-order valence-corrected chi connectivity index (χ0v) is 25.9. The standard InChI is InChI=1S/C32H30ClF2N7O2S/c33-25-23(17-3-1-4-21-22(17)18(10-36)29(37)45-21)26(35)27-24-28(25)43-13-20-19-6-5-16(38-19)12-42(20)30(24)40-31(39-27)44-14-32-7-2-8-41(32)11-15(34)9-32/h1,3-4,15-16,19-20,38H,2,5-9,11-14,37H2/t15-,16-,19+,20+,32+/m1/s1. The number of halogens is 3. The molecule has 232 valence electrons. The van der Waals surface area contributed by atoms with Crippen molar-refractivity contribution >= 4 is 54.7 Å². The van der Waals surface area contributed by atoms with E-state index in [0.29, 0.717) is 59.0 Å². The molecule has 2 aromatic heterocycles. The topological polar surface area (TPSA) is 113 Å². The maximum Gasteiger partial charge on any atom is 0.319 e. The van der Waals surface area contributed by atoms with Crippen molar-refractivity contribution in [3.05, 3.63) is 34.6 Å². The third-order valence-corrected chi connectivity index (χ3v) is 11.9. The summed E-state index contributed by atoms with van der Waals surface area (Å²) in [4.78, 5) is 14.0. The number of thiophene rings is 1. The number of hydrogen-bond acceptors (Lipinski definition) is 10. The molecule has 0 aliphatic carbocycles. The predicted octanol–water partition coefficient (Wildman–Crippen LogP) is 5.41. The minimum atomic E-state index is -0.901. The molecule has 9 rings (SSSR count). The summed E-state index contributed by atoms with van der Waals surface area (Å²) in [7, 11) is 0. The number of piperazine rings is 1. The molecular formula is C32H30ClF2N7O2S. The van der Waals surface area contributed by atoms with Gasteiger partial charge in [0.15, 0.2) is 11.6 Å². The normalized spacial score (nSPS) is 28.6. The van der Waals surface area contributed by atoms with Crippen molar-refractivity contribution in [2.45, 2.75) is 61.9 Å². The minimum Gasteiger partial charge on any atom is -0.489 e.